The third-order valence-electron chi connectivity index (χ3n) is 4.31. The van der Waals surface area contributed by atoms with Gasteiger partial charge in [0.05, 0.1) is 22.5 Å². The van der Waals surface area contributed by atoms with Crippen molar-refractivity contribution in [2.75, 3.05) is 31.3 Å². The van der Waals surface area contributed by atoms with Crippen molar-refractivity contribution in [2.24, 2.45) is 5.92 Å². The molecule has 0 bridgehead atoms. The highest BCUT2D eigenvalue weighted by Crippen LogP contribution is 2.22. The molecule has 8 heteroatoms. The molecular formula is C16H19Cl2N3O2S. The minimum atomic E-state index is -0.242. The van der Waals surface area contributed by atoms with E-state index in [1.807, 2.05) is 4.90 Å². The normalized spacial score (nSPS) is 23.5. The van der Waals surface area contributed by atoms with Gasteiger partial charge in [0.15, 0.2) is 0 Å². The highest BCUT2D eigenvalue weighted by atomic mass is 35.5. The van der Waals surface area contributed by atoms with Gasteiger partial charge in [-0.2, -0.15) is 0 Å². The predicted molar refractivity (Wildman–Crippen MR) is 97.7 cm³/mol. The Hall–Kier alpha value is -0.950. The molecule has 0 aromatic heterocycles. The van der Waals surface area contributed by atoms with Crippen LogP contribution < -0.4 is 10.6 Å². The lowest BCUT2D eigenvalue weighted by Gasteiger charge is -2.19. The molecule has 0 unspecified atom stereocenters. The molecule has 5 nitrogen and oxygen atoms in total. The standard InChI is InChI=1S/C16H19Cl2N3O2S/c17-11-1-2-13(18)12(6-11)15(22)20-8-10-5-14(19-7-10)16(23)21-3-4-24-9-21/h1-2,6,10,14,19H,3-5,7-9H2,(H,20,22)/t10-,14-/m0/s1. The average molecular weight is 388 g/mol. The second-order valence-electron chi connectivity index (χ2n) is 6.04. The van der Waals surface area contributed by atoms with Crippen LogP contribution in [-0.2, 0) is 4.79 Å². The van der Waals surface area contributed by atoms with Crippen molar-refractivity contribution in [2.45, 2.75) is 12.5 Å². The number of amides is 2. The van der Waals surface area contributed by atoms with Crippen LogP contribution in [0.15, 0.2) is 18.2 Å². The third-order valence-corrected chi connectivity index (χ3v) is 5.84. The summed E-state index contributed by atoms with van der Waals surface area (Å²) in [6.45, 7) is 2.06. The van der Waals surface area contributed by atoms with Gasteiger partial charge in [-0.1, -0.05) is 23.2 Å². The first-order chi connectivity index (χ1) is 11.5. The minimum absolute atomic E-state index is 0.139. The lowest BCUT2D eigenvalue weighted by molar-refractivity contribution is -0.131. The highest BCUT2D eigenvalue weighted by Gasteiger charge is 2.33. The molecule has 2 saturated heterocycles. The number of carbonyl (C=O) groups is 2. The quantitative estimate of drug-likeness (QED) is 0.831. The first-order valence-corrected chi connectivity index (χ1v) is 9.79. The zero-order chi connectivity index (χ0) is 17.1. The fourth-order valence-electron chi connectivity index (χ4n) is 2.96. The molecule has 2 heterocycles. The first-order valence-electron chi connectivity index (χ1n) is 7.88. The van der Waals surface area contributed by atoms with Gasteiger partial charge in [-0.3, -0.25) is 9.59 Å². The van der Waals surface area contributed by atoms with Crippen molar-refractivity contribution >= 4 is 46.8 Å². The molecule has 130 valence electrons. The van der Waals surface area contributed by atoms with Gasteiger partial charge in [0.25, 0.3) is 5.91 Å². The summed E-state index contributed by atoms with van der Waals surface area (Å²) in [4.78, 5) is 26.5. The number of hydrogen-bond acceptors (Lipinski definition) is 4. The van der Waals surface area contributed by atoms with E-state index in [2.05, 4.69) is 10.6 Å². The van der Waals surface area contributed by atoms with E-state index in [4.69, 9.17) is 23.2 Å². The molecule has 2 aliphatic heterocycles. The molecule has 1 aromatic carbocycles. The van der Waals surface area contributed by atoms with Crippen LogP contribution in [0.5, 0.6) is 0 Å². The summed E-state index contributed by atoms with van der Waals surface area (Å²) in [6.07, 6.45) is 0.740. The summed E-state index contributed by atoms with van der Waals surface area (Å²) in [5.41, 5.74) is 0.372. The highest BCUT2D eigenvalue weighted by molar-refractivity contribution is 7.99. The van der Waals surface area contributed by atoms with Crippen LogP contribution in [0.4, 0.5) is 0 Å². The monoisotopic (exact) mass is 387 g/mol. The minimum Gasteiger partial charge on any atom is -0.352 e. The van der Waals surface area contributed by atoms with E-state index in [-0.39, 0.29) is 23.8 Å². The number of hydrogen-bond donors (Lipinski definition) is 2. The SMILES string of the molecule is O=C(NC[C@@H]1CN[C@H](C(=O)N2CCSC2)C1)c1cc(Cl)ccc1Cl. The van der Waals surface area contributed by atoms with E-state index in [1.54, 1.807) is 30.0 Å². The van der Waals surface area contributed by atoms with Gasteiger partial charge in [-0.05, 0) is 30.5 Å². The van der Waals surface area contributed by atoms with Gasteiger partial charge in [-0.25, -0.2) is 0 Å². The number of carbonyl (C=O) groups excluding carboxylic acids is 2. The van der Waals surface area contributed by atoms with Crippen molar-refractivity contribution < 1.29 is 9.59 Å². The van der Waals surface area contributed by atoms with Gasteiger partial charge in [-0.15, -0.1) is 11.8 Å². The van der Waals surface area contributed by atoms with Gasteiger partial charge in [0.1, 0.15) is 0 Å². The zero-order valence-corrected chi connectivity index (χ0v) is 15.4. The van der Waals surface area contributed by atoms with Gasteiger partial charge in [0, 0.05) is 30.4 Å². The van der Waals surface area contributed by atoms with E-state index in [0.29, 0.717) is 22.2 Å². The van der Waals surface area contributed by atoms with Gasteiger partial charge < -0.3 is 15.5 Å². The molecule has 0 spiro atoms. The Morgan fingerprint density at radius 3 is 2.96 bits per heavy atom. The Morgan fingerprint density at radius 1 is 1.38 bits per heavy atom. The maximum absolute atomic E-state index is 12.4. The van der Waals surface area contributed by atoms with Crippen molar-refractivity contribution in [3.63, 3.8) is 0 Å². The Morgan fingerprint density at radius 2 is 2.21 bits per heavy atom. The third kappa shape index (κ3) is 4.17. The second kappa shape index (κ2) is 7.95. The Kier molecular flexibility index (Phi) is 5.92. The summed E-state index contributed by atoms with van der Waals surface area (Å²) >= 11 is 13.7. The molecule has 0 aliphatic carbocycles. The van der Waals surface area contributed by atoms with Crippen LogP contribution in [0.25, 0.3) is 0 Å². The Labute approximate surface area is 155 Å². The summed E-state index contributed by atoms with van der Waals surface area (Å²) < 4.78 is 0. The summed E-state index contributed by atoms with van der Waals surface area (Å²) in [5, 5.41) is 7.00. The second-order valence-corrected chi connectivity index (χ2v) is 7.95. The summed E-state index contributed by atoms with van der Waals surface area (Å²) in [6, 6.07) is 4.68. The predicted octanol–water partition coefficient (Wildman–Crippen LogP) is 2.23. The van der Waals surface area contributed by atoms with Crippen molar-refractivity contribution in [1.29, 1.82) is 0 Å². The van der Waals surface area contributed by atoms with E-state index in [1.165, 1.54) is 0 Å². The molecular weight excluding hydrogens is 369 g/mol. The van der Waals surface area contributed by atoms with Crippen LogP contribution in [0.3, 0.4) is 0 Å². The van der Waals surface area contributed by atoms with Crippen molar-refractivity contribution in [3.05, 3.63) is 33.8 Å². The molecule has 1 aromatic rings. The van der Waals surface area contributed by atoms with Gasteiger partial charge in [0.2, 0.25) is 5.91 Å². The van der Waals surface area contributed by atoms with Crippen LogP contribution >= 0.6 is 35.0 Å². The first kappa shape index (κ1) is 17.9. The van der Waals surface area contributed by atoms with E-state index < -0.39 is 0 Å². The largest absolute Gasteiger partial charge is 0.352 e. The molecule has 2 aliphatic rings. The molecule has 0 saturated carbocycles. The lowest BCUT2D eigenvalue weighted by atomic mass is 10.0. The number of thioether (sulfide) groups is 1. The maximum Gasteiger partial charge on any atom is 0.252 e. The number of nitrogens with zero attached hydrogens (tertiary/aromatic N) is 1. The molecule has 3 rings (SSSR count). The summed E-state index contributed by atoms with van der Waals surface area (Å²) in [5.74, 6) is 1.96. The van der Waals surface area contributed by atoms with E-state index in [9.17, 15) is 9.59 Å². The van der Waals surface area contributed by atoms with Gasteiger partial charge >= 0.3 is 0 Å². The number of benzene rings is 1. The van der Waals surface area contributed by atoms with Crippen LogP contribution in [0, 0.1) is 5.92 Å². The number of nitrogens with one attached hydrogen (secondary N) is 2. The fourth-order valence-corrected chi connectivity index (χ4v) is 4.30. The molecule has 24 heavy (non-hydrogen) atoms. The lowest BCUT2D eigenvalue weighted by Crippen LogP contribution is -2.42. The average Bonchev–Trinajstić information content (AvgIpc) is 3.26. The molecule has 2 N–H and O–H groups in total. The molecule has 2 amide bonds. The van der Waals surface area contributed by atoms with Crippen LogP contribution in [0.2, 0.25) is 10.0 Å². The molecule has 0 radical (unpaired) electrons. The maximum atomic E-state index is 12.4. The van der Waals surface area contributed by atoms with E-state index >= 15 is 0 Å². The number of rotatable bonds is 4. The summed E-state index contributed by atoms with van der Waals surface area (Å²) in [7, 11) is 0. The van der Waals surface area contributed by atoms with Crippen LogP contribution in [-0.4, -0.2) is 54.0 Å². The fraction of sp³-hybridized carbons (Fsp3) is 0.500. The van der Waals surface area contributed by atoms with Crippen molar-refractivity contribution in [3.8, 4) is 0 Å². The Balaban J connectivity index is 1.50. The van der Waals surface area contributed by atoms with E-state index in [0.717, 1.165) is 31.1 Å². The number of halogens is 2. The topological polar surface area (TPSA) is 61.4 Å². The molecule has 2 atom stereocenters. The van der Waals surface area contributed by atoms with Crippen LogP contribution in [0.1, 0.15) is 16.8 Å². The molecule has 2 fully saturated rings. The smallest absolute Gasteiger partial charge is 0.252 e. The zero-order valence-electron chi connectivity index (χ0n) is 13.1. The Bertz CT molecular complexity index is 638. The van der Waals surface area contributed by atoms with Crippen molar-refractivity contribution in [1.82, 2.24) is 15.5 Å².